The van der Waals surface area contributed by atoms with Crippen molar-refractivity contribution in [3.05, 3.63) is 41.5 Å². The number of phenols is 1. The number of ketones is 1. The van der Waals surface area contributed by atoms with Crippen LogP contribution in [-0.2, 0) is 6.42 Å². The minimum absolute atomic E-state index is 0.234. The molecule has 0 spiro atoms. The van der Waals surface area contributed by atoms with Gasteiger partial charge < -0.3 is 5.11 Å². The number of Topliss-reactive ketones (excluding diaryl/α,β-unsaturated/α-hetero) is 1. The van der Waals surface area contributed by atoms with Gasteiger partial charge in [0.2, 0.25) is 0 Å². The van der Waals surface area contributed by atoms with Crippen LogP contribution in [0.4, 0.5) is 0 Å². The highest BCUT2D eigenvalue weighted by atomic mass is 16.3. The molecule has 3 rings (SSSR count). The fourth-order valence-corrected chi connectivity index (χ4v) is 2.46. The predicted octanol–water partition coefficient (Wildman–Crippen LogP) is 3.06. The maximum Gasteiger partial charge on any atom is 0.163 e. The molecule has 2 heteroatoms. The van der Waals surface area contributed by atoms with Crippen molar-refractivity contribution in [2.24, 2.45) is 0 Å². The third-order valence-corrected chi connectivity index (χ3v) is 3.22. The van der Waals surface area contributed by atoms with Gasteiger partial charge in [0.15, 0.2) is 5.78 Å². The average Bonchev–Trinajstić information content (AvgIpc) is 2.29. The highest BCUT2D eigenvalue weighted by Gasteiger charge is 2.19. The molecule has 0 aliphatic heterocycles. The summed E-state index contributed by atoms with van der Waals surface area (Å²) in [6, 6.07) is 9.18. The van der Waals surface area contributed by atoms with E-state index in [0.717, 1.165) is 34.7 Å². The molecule has 0 saturated carbocycles. The van der Waals surface area contributed by atoms with Crippen LogP contribution < -0.4 is 0 Å². The van der Waals surface area contributed by atoms with Crippen LogP contribution in [0.1, 0.15) is 28.8 Å². The van der Waals surface area contributed by atoms with E-state index in [2.05, 4.69) is 0 Å². The molecule has 0 bridgehead atoms. The van der Waals surface area contributed by atoms with Gasteiger partial charge in [-0.05, 0) is 47.4 Å². The molecule has 1 aliphatic rings. The third-order valence-electron chi connectivity index (χ3n) is 3.22. The van der Waals surface area contributed by atoms with E-state index in [1.807, 2.05) is 18.2 Å². The van der Waals surface area contributed by atoms with E-state index in [9.17, 15) is 9.90 Å². The van der Waals surface area contributed by atoms with Crippen molar-refractivity contribution >= 4 is 16.6 Å². The Kier molecular flexibility index (Phi) is 1.96. The van der Waals surface area contributed by atoms with Crippen LogP contribution in [-0.4, -0.2) is 10.9 Å². The summed E-state index contributed by atoms with van der Waals surface area (Å²) < 4.78 is 0. The molecule has 0 amide bonds. The van der Waals surface area contributed by atoms with E-state index in [1.165, 1.54) is 0 Å². The van der Waals surface area contributed by atoms with Crippen LogP contribution in [0, 0.1) is 0 Å². The summed E-state index contributed by atoms with van der Waals surface area (Å²) in [5.74, 6) is 0.480. The van der Waals surface area contributed by atoms with E-state index in [1.54, 1.807) is 12.1 Å². The summed E-state index contributed by atoms with van der Waals surface area (Å²) in [5.41, 5.74) is 2.01. The third kappa shape index (κ3) is 1.30. The Balaban J connectivity index is 2.38. The fraction of sp³-hybridized carbons (Fsp3) is 0.214. The second-order valence-corrected chi connectivity index (χ2v) is 4.28. The average molecular weight is 212 g/mol. The molecule has 2 aromatic rings. The van der Waals surface area contributed by atoms with Crippen LogP contribution in [0.15, 0.2) is 30.3 Å². The smallest absolute Gasteiger partial charge is 0.163 e. The Bertz CT molecular complexity index is 585. The fourth-order valence-electron chi connectivity index (χ4n) is 2.46. The molecule has 1 N–H and O–H groups in total. The molecule has 2 aromatic carbocycles. The highest BCUT2D eigenvalue weighted by molar-refractivity contribution is 6.10. The molecular formula is C14H12O2. The summed E-state index contributed by atoms with van der Waals surface area (Å²) in [7, 11) is 0. The monoisotopic (exact) mass is 212 g/mol. The largest absolute Gasteiger partial charge is 0.508 e. The van der Waals surface area contributed by atoms with Crippen LogP contribution in [0.2, 0.25) is 0 Å². The van der Waals surface area contributed by atoms with Crippen LogP contribution in [0.25, 0.3) is 10.8 Å². The second-order valence-electron chi connectivity index (χ2n) is 4.28. The molecule has 80 valence electrons. The number of fused-ring (bicyclic) bond motifs is 3. The minimum atomic E-state index is 0.234. The number of aromatic hydroxyl groups is 1. The topological polar surface area (TPSA) is 37.3 Å². The maximum atomic E-state index is 11.9. The van der Waals surface area contributed by atoms with Crippen molar-refractivity contribution in [2.75, 3.05) is 0 Å². The molecular weight excluding hydrogens is 200 g/mol. The zero-order chi connectivity index (χ0) is 11.1. The van der Waals surface area contributed by atoms with E-state index in [4.69, 9.17) is 0 Å². The zero-order valence-corrected chi connectivity index (χ0v) is 8.86. The lowest BCUT2D eigenvalue weighted by Gasteiger charge is -2.16. The lowest BCUT2D eigenvalue weighted by Crippen LogP contribution is -2.11. The van der Waals surface area contributed by atoms with Crippen molar-refractivity contribution in [1.29, 1.82) is 0 Å². The minimum Gasteiger partial charge on any atom is -0.508 e. The summed E-state index contributed by atoms with van der Waals surface area (Å²) >= 11 is 0. The first kappa shape index (κ1) is 9.40. The number of hydrogen-bond donors (Lipinski definition) is 1. The van der Waals surface area contributed by atoms with E-state index in [-0.39, 0.29) is 11.5 Å². The molecule has 0 aromatic heterocycles. The molecule has 0 radical (unpaired) electrons. The number of rotatable bonds is 0. The molecule has 0 saturated heterocycles. The summed E-state index contributed by atoms with van der Waals surface area (Å²) in [6.45, 7) is 0. The Labute approximate surface area is 93.5 Å². The molecule has 2 nitrogen and oxygen atoms in total. The van der Waals surface area contributed by atoms with Crippen molar-refractivity contribution in [3.63, 3.8) is 0 Å². The predicted molar refractivity (Wildman–Crippen MR) is 62.9 cm³/mol. The van der Waals surface area contributed by atoms with Gasteiger partial charge in [0, 0.05) is 12.0 Å². The number of aryl methyl sites for hydroxylation is 1. The van der Waals surface area contributed by atoms with E-state index < -0.39 is 0 Å². The second kappa shape index (κ2) is 3.34. The first-order valence-corrected chi connectivity index (χ1v) is 5.53. The highest BCUT2D eigenvalue weighted by Crippen LogP contribution is 2.30. The zero-order valence-electron chi connectivity index (χ0n) is 8.86. The molecule has 0 unspecified atom stereocenters. The van der Waals surface area contributed by atoms with Gasteiger partial charge in [-0.3, -0.25) is 4.79 Å². The van der Waals surface area contributed by atoms with E-state index in [0.29, 0.717) is 6.42 Å². The molecule has 16 heavy (non-hydrogen) atoms. The molecule has 0 heterocycles. The van der Waals surface area contributed by atoms with Crippen molar-refractivity contribution < 1.29 is 9.90 Å². The van der Waals surface area contributed by atoms with Crippen LogP contribution in [0.3, 0.4) is 0 Å². The number of hydrogen-bond acceptors (Lipinski definition) is 2. The van der Waals surface area contributed by atoms with Crippen molar-refractivity contribution in [1.82, 2.24) is 0 Å². The number of carbonyl (C=O) groups is 1. The van der Waals surface area contributed by atoms with Crippen molar-refractivity contribution in [3.8, 4) is 5.75 Å². The van der Waals surface area contributed by atoms with Gasteiger partial charge >= 0.3 is 0 Å². The van der Waals surface area contributed by atoms with Gasteiger partial charge in [0.25, 0.3) is 0 Å². The molecule has 1 aliphatic carbocycles. The van der Waals surface area contributed by atoms with Gasteiger partial charge in [-0.2, -0.15) is 0 Å². The van der Waals surface area contributed by atoms with Crippen LogP contribution >= 0.6 is 0 Å². The Morgan fingerprint density at radius 3 is 2.81 bits per heavy atom. The Hall–Kier alpha value is -1.83. The van der Waals surface area contributed by atoms with Crippen molar-refractivity contribution in [2.45, 2.75) is 19.3 Å². The first-order chi connectivity index (χ1) is 7.75. The van der Waals surface area contributed by atoms with Gasteiger partial charge in [0.05, 0.1) is 0 Å². The Morgan fingerprint density at radius 1 is 1.06 bits per heavy atom. The standard InChI is InChI=1S/C14H12O2/c15-11-6-7-12-10(8-11)5-4-9-2-1-3-13(16)14(9)12/h4-8,15H,1-3H2. The summed E-state index contributed by atoms with van der Waals surface area (Å²) in [6.07, 6.45) is 2.58. The number of benzene rings is 2. The summed E-state index contributed by atoms with van der Waals surface area (Å²) in [5, 5.41) is 11.3. The SMILES string of the molecule is O=C1CCCc2ccc3cc(O)ccc3c21. The normalized spacial score (nSPS) is 15.1. The number of carbonyl (C=O) groups excluding carboxylic acids is 1. The Morgan fingerprint density at radius 2 is 1.94 bits per heavy atom. The molecule has 0 fully saturated rings. The van der Waals surface area contributed by atoms with Gasteiger partial charge in [0.1, 0.15) is 5.75 Å². The maximum absolute atomic E-state index is 11.9. The molecule has 0 atom stereocenters. The summed E-state index contributed by atoms with van der Waals surface area (Å²) in [4.78, 5) is 11.9. The van der Waals surface area contributed by atoms with Gasteiger partial charge in [-0.1, -0.05) is 12.1 Å². The van der Waals surface area contributed by atoms with Crippen LogP contribution in [0.5, 0.6) is 5.75 Å². The quantitative estimate of drug-likeness (QED) is 0.728. The number of phenolic OH excluding ortho intramolecular Hbond substituents is 1. The first-order valence-electron chi connectivity index (χ1n) is 5.53. The van der Waals surface area contributed by atoms with E-state index >= 15 is 0 Å². The lowest BCUT2D eigenvalue weighted by molar-refractivity contribution is 0.0974. The van der Waals surface area contributed by atoms with Gasteiger partial charge in [-0.25, -0.2) is 0 Å². The lowest BCUT2D eigenvalue weighted by atomic mass is 9.87. The van der Waals surface area contributed by atoms with Gasteiger partial charge in [-0.15, -0.1) is 0 Å².